The van der Waals surface area contributed by atoms with Crippen molar-refractivity contribution in [1.29, 1.82) is 0 Å². The minimum absolute atomic E-state index is 0.174. The maximum atomic E-state index is 13.4. The van der Waals surface area contributed by atoms with Crippen molar-refractivity contribution >= 4 is 15.9 Å². The number of nitrogens with one attached hydrogen (secondary N) is 1. The molecule has 0 bridgehead atoms. The molecule has 2 aromatic rings. The second-order valence-electron chi connectivity index (χ2n) is 4.13. The molecule has 0 spiro atoms. The van der Waals surface area contributed by atoms with Crippen LogP contribution in [0.3, 0.4) is 0 Å². The first-order valence-corrected chi connectivity index (χ1v) is 6.47. The van der Waals surface area contributed by atoms with Gasteiger partial charge in [0.15, 0.2) is 0 Å². The number of halogens is 3. The molecule has 2 N–H and O–H groups in total. The number of aromatic hydroxyl groups is 1. The van der Waals surface area contributed by atoms with Crippen molar-refractivity contribution in [3.8, 4) is 5.75 Å². The molecule has 2 aromatic carbocycles. The molecular formula is C14H12BrF2NO. The Morgan fingerprint density at radius 2 is 1.84 bits per heavy atom. The Morgan fingerprint density at radius 3 is 2.53 bits per heavy atom. The van der Waals surface area contributed by atoms with Crippen LogP contribution in [-0.2, 0) is 13.1 Å². The van der Waals surface area contributed by atoms with Crippen LogP contribution in [0.1, 0.15) is 11.1 Å². The highest BCUT2D eigenvalue weighted by atomic mass is 79.9. The lowest BCUT2D eigenvalue weighted by Gasteiger charge is -2.07. The second kappa shape index (κ2) is 6.12. The minimum Gasteiger partial charge on any atom is -0.507 e. The molecule has 0 heterocycles. The average Bonchev–Trinajstić information content (AvgIpc) is 2.36. The molecule has 0 aliphatic rings. The summed E-state index contributed by atoms with van der Waals surface area (Å²) < 4.78 is 26.7. The summed E-state index contributed by atoms with van der Waals surface area (Å²) >= 11 is 3.22. The van der Waals surface area contributed by atoms with Gasteiger partial charge in [-0.05, 0) is 39.7 Å². The van der Waals surface area contributed by atoms with E-state index in [-0.39, 0.29) is 5.75 Å². The normalized spacial score (nSPS) is 10.7. The SMILES string of the molecule is Oc1ccc(CNCc2ccc(F)cc2F)cc1Br. The van der Waals surface area contributed by atoms with E-state index in [2.05, 4.69) is 21.2 Å². The van der Waals surface area contributed by atoms with E-state index in [0.29, 0.717) is 23.1 Å². The van der Waals surface area contributed by atoms with Gasteiger partial charge >= 0.3 is 0 Å². The van der Waals surface area contributed by atoms with Gasteiger partial charge in [0, 0.05) is 24.7 Å². The number of benzene rings is 2. The van der Waals surface area contributed by atoms with Gasteiger partial charge in [0.1, 0.15) is 17.4 Å². The highest BCUT2D eigenvalue weighted by Gasteiger charge is 2.04. The van der Waals surface area contributed by atoms with Crippen LogP contribution < -0.4 is 5.32 Å². The van der Waals surface area contributed by atoms with Crippen LogP contribution in [0.25, 0.3) is 0 Å². The third kappa shape index (κ3) is 3.75. The van der Waals surface area contributed by atoms with Gasteiger partial charge in [-0.3, -0.25) is 0 Å². The van der Waals surface area contributed by atoms with Gasteiger partial charge in [0.2, 0.25) is 0 Å². The fraction of sp³-hybridized carbons (Fsp3) is 0.143. The first-order valence-electron chi connectivity index (χ1n) is 5.68. The van der Waals surface area contributed by atoms with Gasteiger partial charge < -0.3 is 10.4 Å². The lowest BCUT2D eigenvalue weighted by molar-refractivity contribution is 0.471. The van der Waals surface area contributed by atoms with Crippen LogP contribution in [0.5, 0.6) is 5.75 Å². The van der Waals surface area contributed by atoms with E-state index in [1.165, 1.54) is 12.1 Å². The standard InChI is InChI=1S/C14H12BrF2NO/c15-12-5-9(1-4-14(12)19)7-18-8-10-2-3-11(16)6-13(10)17/h1-6,18-19H,7-8H2. The van der Waals surface area contributed by atoms with Crippen LogP contribution in [0.2, 0.25) is 0 Å². The molecule has 100 valence electrons. The predicted molar refractivity (Wildman–Crippen MR) is 72.7 cm³/mol. The molecule has 19 heavy (non-hydrogen) atoms. The molecule has 0 saturated heterocycles. The molecule has 0 fully saturated rings. The molecule has 0 amide bonds. The Balaban J connectivity index is 1.94. The zero-order valence-corrected chi connectivity index (χ0v) is 11.5. The van der Waals surface area contributed by atoms with Gasteiger partial charge in [-0.25, -0.2) is 8.78 Å². The lowest BCUT2D eigenvalue weighted by Crippen LogP contribution is -2.13. The largest absolute Gasteiger partial charge is 0.507 e. The van der Waals surface area contributed by atoms with Crippen LogP contribution in [0, 0.1) is 11.6 Å². The van der Waals surface area contributed by atoms with Crippen molar-refractivity contribution in [2.75, 3.05) is 0 Å². The number of rotatable bonds is 4. The summed E-state index contributed by atoms with van der Waals surface area (Å²) in [7, 11) is 0. The van der Waals surface area contributed by atoms with Crippen molar-refractivity contribution in [3.05, 3.63) is 63.6 Å². The Hall–Kier alpha value is -1.46. The van der Waals surface area contributed by atoms with Gasteiger partial charge in [0.25, 0.3) is 0 Å². The van der Waals surface area contributed by atoms with Crippen molar-refractivity contribution in [1.82, 2.24) is 5.32 Å². The third-order valence-electron chi connectivity index (χ3n) is 2.67. The fourth-order valence-corrected chi connectivity index (χ4v) is 2.09. The highest BCUT2D eigenvalue weighted by molar-refractivity contribution is 9.10. The molecule has 0 aromatic heterocycles. The average molecular weight is 328 g/mol. The molecular weight excluding hydrogens is 316 g/mol. The Bertz CT molecular complexity index is 590. The van der Waals surface area contributed by atoms with Gasteiger partial charge in [-0.1, -0.05) is 12.1 Å². The molecule has 0 aliphatic carbocycles. The van der Waals surface area contributed by atoms with Crippen LogP contribution >= 0.6 is 15.9 Å². The van der Waals surface area contributed by atoms with E-state index >= 15 is 0 Å². The maximum absolute atomic E-state index is 13.4. The maximum Gasteiger partial charge on any atom is 0.130 e. The first-order chi connectivity index (χ1) is 9.06. The number of hydrogen-bond acceptors (Lipinski definition) is 2. The fourth-order valence-electron chi connectivity index (χ4n) is 1.67. The van der Waals surface area contributed by atoms with E-state index in [4.69, 9.17) is 0 Å². The summed E-state index contributed by atoms with van der Waals surface area (Å²) in [6.07, 6.45) is 0. The number of hydrogen-bond donors (Lipinski definition) is 2. The Kier molecular flexibility index (Phi) is 4.50. The third-order valence-corrected chi connectivity index (χ3v) is 3.31. The highest BCUT2D eigenvalue weighted by Crippen LogP contribution is 2.24. The zero-order chi connectivity index (χ0) is 13.8. The second-order valence-corrected chi connectivity index (χ2v) is 4.98. The minimum atomic E-state index is -0.580. The summed E-state index contributed by atoms with van der Waals surface area (Å²) in [6.45, 7) is 0.834. The van der Waals surface area contributed by atoms with E-state index in [1.54, 1.807) is 18.2 Å². The van der Waals surface area contributed by atoms with Gasteiger partial charge in [0.05, 0.1) is 4.47 Å². The quantitative estimate of drug-likeness (QED) is 0.896. The molecule has 0 radical (unpaired) electrons. The van der Waals surface area contributed by atoms with Crippen molar-refractivity contribution in [2.45, 2.75) is 13.1 Å². The number of phenolic OH excluding ortho intramolecular Hbond substituents is 1. The van der Waals surface area contributed by atoms with E-state index in [9.17, 15) is 13.9 Å². The zero-order valence-electron chi connectivity index (χ0n) is 9.96. The van der Waals surface area contributed by atoms with Gasteiger partial charge in [-0.2, -0.15) is 0 Å². The first kappa shape index (κ1) is 14.0. The van der Waals surface area contributed by atoms with E-state index in [1.807, 2.05) is 0 Å². The molecule has 2 nitrogen and oxygen atoms in total. The van der Waals surface area contributed by atoms with Crippen LogP contribution in [-0.4, -0.2) is 5.11 Å². The molecule has 0 unspecified atom stereocenters. The summed E-state index contributed by atoms with van der Waals surface area (Å²) in [6, 6.07) is 8.66. The van der Waals surface area contributed by atoms with Crippen molar-refractivity contribution < 1.29 is 13.9 Å². The van der Waals surface area contributed by atoms with Crippen LogP contribution in [0.15, 0.2) is 40.9 Å². The monoisotopic (exact) mass is 327 g/mol. The summed E-state index contributed by atoms with van der Waals surface area (Å²) in [5.74, 6) is -0.962. The van der Waals surface area contributed by atoms with Crippen molar-refractivity contribution in [3.63, 3.8) is 0 Å². The Morgan fingerprint density at radius 1 is 1.05 bits per heavy atom. The molecule has 5 heteroatoms. The summed E-state index contributed by atoms with van der Waals surface area (Å²) in [5.41, 5.74) is 1.37. The number of phenols is 1. The lowest BCUT2D eigenvalue weighted by atomic mass is 10.2. The van der Waals surface area contributed by atoms with Crippen molar-refractivity contribution in [2.24, 2.45) is 0 Å². The summed E-state index contributed by atoms with van der Waals surface area (Å²) in [5, 5.41) is 12.4. The molecule has 0 aliphatic heterocycles. The molecule has 0 atom stereocenters. The molecule has 2 rings (SSSR count). The predicted octanol–water partition coefficient (Wildman–Crippen LogP) is 3.72. The van der Waals surface area contributed by atoms with E-state index in [0.717, 1.165) is 11.6 Å². The smallest absolute Gasteiger partial charge is 0.130 e. The van der Waals surface area contributed by atoms with Crippen LogP contribution in [0.4, 0.5) is 8.78 Å². The van der Waals surface area contributed by atoms with E-state index < -0.39 is 11.6 Å². The van der Waals surface area contributed by atoms with Gasteiger partial charge in [-0.15, -0.1) is 0 Å². The molecule has 0 saturated carbocycles. The topological polar surface area (TPSA) is 32.3 Å². The Labute approximate surface area is 118 Å². The summed E-state index contributed by atoms with van der Waals surface area (Å²) in [4.78, 5) is 0.